The van der Waals surface area contributed by atoms with Crippen LogP contribution in [0.15, 0.2) is 17.1 Å². The molecule has 2 rings (SSSR count). The van der Waals surface area contributed by atoms with Gasteiger partial charge in [-0.05, 0) is 19.9 Å². The van der Waals surface area contributed by atoms with Crippen molar-refractivity contribution in [1.29, 1.82) is 0 Å². The average molecular weight is 175 g/mol. The Balaban J connectivity index is 0.000000605. The predicted molar refractivity (Wildman–Crippen MR) is 43.7 cm³/mol. The predicted octanol–water partition coefficient (Wildman–Crippen LogP) is 1.30. The Morgan fingerprint density at radius 2 is 2.36 bits per heavy atom. The maximum absolute atomic E-state index is 4.89. The number of oxazole rings is 1. The Morgan fingerprint density at radius 1 is 1.64 bits per heavy atom. The second-order valence-electron chi connectivity index (χ2n) is 2.71. The zero-order chi connectivity index (χ0) is 7.03. The molecule has 11 heavy (non-hydrogen) atoms. The van der Waals surface area contributed by atoms with Crippen LogP contribution in [0.1, 0.15) is 18.5 Å². The van der Waals surface area contributed by atoms with E-state index in [0.717, 1.165) is 5.69 Å². The third-order valence-electron chi connectivity index (χ3n) is 2.15. The van der Waals surface area contributed by atoms with Gasteiger partial charge in [0.15, 0.2) is 6.39 Å². The minimum Gasteiger partial charge on any atom is -0.451 e. The first-order valence-corrected chi connectivity index (χ1v) is 3.45. The van der Waals surface area contributed by atoms with Crippen LogP contribution < -0.4 is 5.32 Å². The first kappa shape index (κ1) is 8.56. The van der Waals surface area contributed by atoms with Gasteiger partial charge in [-0.1, -0.05) is 0 Å². The van der Waals surface area contributed by atoms with Crippen molar-refractivity contribution >= 4 is 12.4 Å². The van der Waals surface area contributed by atoms with E-state index in [4.69, 9.17) is 4.42 Å². The SMILES string of the molecule is CNC1(c2cocn2)CC1.Cl. The van der Waals surface area contributed by atoms with Crippen LogP contribution in [-0.4, -0.2) is 12.0 Å². The van der Waals surface area contributed by atoms with Crippen LogP contribution in [0.5, 0.6) is 0 Å². The van der Waals surface area contributed by atoms with Gasteiger partial charge in [-0.2, -0.15) is 0 Å². The Kier molecular flexibility index (Phi) is 2.20. The first-order valence-electron chi connectivity index (χ1n) is 3.45. The van der Waals surface area contributed by atoms with Crippen molar-refractivity contribution in [3.8, 4) is 0 Å². The Hall–Kier alpha value is -0.540. The zero-order valence-corrected chi connectivity index (χ0v) is 7.15. The molecule has 4 heteroatoms. The fourth-order valence-electron chi connectivity index (χ4n) is 1.21. The number of halogens is 1. The summed E-state index contributed by atoms with van der Waals surface area (Å²) in [5.74, 6) is 0. The van der Waals surface area contributed by atoms with Crippen LogP contribution in [0.25, 0.3) is 0 Å². The van der Waals surface area contributed by atoms with E-state index >= 15 is 0 Å². The number of hydrogen-bond acceptors (Lipinski definition) is 3. The normalized spacial score (nSPS) is 19.0. The topological polar surface area (TPSA) is 38.1 Å². The molecule has 0 saturated heterocycles. The molecule has 1 aliphatic rings. The molecule has 0 amide bonds. The summed E-state index contributed by atoms with van der Waals surface area (Å²) in [5.41, 5.74) is 1.20. The van der Waals surface area contributed by atoms with Gasteiger partial charge in [0.05, 0.1) is 11.2 Å². The molecule has 1 aromatic rings. The lowest BCUT2D eigenvalue weighted by atomic mass is 10.2. The van der Waals surface area contributed by atoms with Gasteiger partial charge in [-0.3, -0.25) is 0 Å². The summed E-state index contributed by atoms with van der Waals surface area (Å²) >= 11 is 0. The molecule has 0 aromatic carbocycles. The van der Waals surface area contributed by atoms with Crippen LogP contribution >= 0.6 is 12.4 Å². The van der Waals surface area contributed by atoms with E-state index in [0.29, 0.717) is 0 Å². The van der Waals surface area contributed by atoms with Gasteiger partial charge in [0, 0.05) is 0 Å². The van der Waals surface area contributed by atoms with Crippen molar-refractivity contribution in [2.75, 3.05) is 7.05 Å². The first-order chi connectivity index (χ1) is 4.87. The molecule has 0 radical (unpaired) electrons. The van der Waals surface area contributed by atoms with Gasteiger partial charge in [0.1, 0.15) is 6.26 Å². The smallest absolute Gasteiger partial charge is 0.180 e. The summed E-state index contributed by atoms with van der Waals surface area (Å²) in [6.07, 6.45) is 5.54. The molecule has 1 saturated carbocycles. The summed E-state index contributed by atoms with van der Waals surface area (Å²) in [6.45, 7) is 0. The Bertz CT molecular complexity index is 218. The minimum atomic E-state index is 0. The Morgan fingerprint density at radius 3 is 2.73 bits per heavy atom. The van der Waals surface area contributed by atoms with Crippen LogP contribution in [0.2, 0.25) is 0 Å². The van der Waals surface area contributed by atoms with Crippen LogP contribution in [0, 0.1) is 0 Å². The van der Waals surface area contributed by atoms with E-state index in [9.17, 15) is 0 Å². The highest BCUT2D eigenvalue weighted by Crippen LogP contribution is 2.43. The fourth-order valence-corrected chi connectivity index (χ4v) is 1.21. The monoisotopic (exact) mass is 174 g/mol. The number of hydrogen-bond donors (Lipinski definition) is 1. The number of aromatic nitrogens is 1. The number of nitrogens with one attached hydrogen (secondary N) is 1. The highest BCUT2D eigenvalue weighted by Gasteiger charge is 2.44. The third kappa shape index (κ3) is 1.26. The molecular weight excluding hydrogens is 164 g/mol. The summed E-state index contributed by atoms with van der Waals surface area (Å²) in [5, 5.41) is 3.23. The molecule has 0 aliphatic heterocycles. The van der Waals surface area contributed by atoms with Crippen molar-refractivity contribution in [2.45, 2.75) is 18.4 Å². The zero-order valence-electron chi connectivity index (χ0n) is 6.33. The molecule has 62 valence electrons. The number of nitrogens with zero attached hydrogens (tertiary/aromatic N) is 1. The van der Waals surface area contributed by atoms with E-state index in [2.05, 4.69) is 10.3 Å². The van der Waals surface area contributed by atoms with Crippen molar-refractivity contribution < 1.29 is 4.42 Å². The second-order valence-corrected chi connectivity index (χ2v) is 2.71. The van der Waals surface area contributed by atoms with Crippen LogP contribution in [-0.2, 0) is 5.54 Å². The lowest BCUT2D eigenvalue weighted by Gasteiger charge is -2.07. The van der Waals surface area contributed by atoms with Crippen molar-refractivity contribution in [3.05, 3.63) is 18.4 Å². The average Bonchev–Trinajstić information content (AvgIpc) is 2.58. The molecule has 1 heterocycles. The van der Waals surface area contributed by atoms with E-state index < -0.39 is 0 Å². The minimum absolute atomic E-state index is 0. The lowest BCUT2D eigenvalue weighted by molar-refractivity contribution is 0.538. The number of rotatable bonds is 2. The molecular formula is C7H11ClN2O. The second kappa shape index (κ2) is 2.83. The maximum Gasteiger partial charge on any atom is 0.180 e. The standard InChI is InChI=1S/C7H10N2O.ClH/c1-8-7(2-3-7)6-4-10-5-9-6;/h4-5,8H,2-3H2,1H3;1H. The summed E-state index contributed by atoms with van der Waals surface area (Å²) in [4.78, 5) is 4.09. The molecule has 1 aliphatic carbocycles. The van der Waals surface area contributed by atoms with Crippen molar-refractivity contribution in [1.82, 2.24) is 10.3 Å². The Labute approximate surface area is 71.6 Å². The maximum atomic E-state index is 4.89. The fraction of sp³-hybridized carbons (Fsp3) is 0.571. The lowest BCUT2D eigenvalue weighted by Crippen LogP contribution is -2.24. The van der Waals surface area contributed by atoms with Gasteiger partial charge in [-0.15, -0.1) is 12.4 Å². The molecule has 1 aromatic heterocycles. The molecule has 0 bridgehead atoms. The molecule has 0 atom stereocenters. The molecule has 1 fully saturated rings. The van der Waals surface area contributed by atoms with Gasteiger partial charge in [-0.25, -0.2) is 4.98 Å². The molecule has 0 unspecified atom stereocenters. The highest BCUT2D eigenvalue weighted by molar-refractivity contribution is 5.85. The van der Waals surface area contributed by atoms with Crippen molar-refractivity contribution in [2.24, 2.45) is 0 Å². The van der Waals surface area contributed by atoms with Crippen LogP contribution in [0.4, 0.5) is 0 Å². The van der Waals surface area contributed by atoms with E-state index in [-0.39, 0.29) is 17.9 Å². The molecule has 1 N–H and O–H groups in total. The van der Waals surface area contributed by atoms with E-state index in [1.54, 1.807) is 6.26 Å². The summed E-state index contributed by atoms with van der Waals surface area (Å²) in [7, 11) is 1.96. The summed E-state index contributed by atoms with van der Waals surface area (Å²) in [6, 6.07) is 0. The van der Waals surface area contributed by atoms with Gasteiger partial charge in [0.25, 0.3) is 0 Å². The third-order valence-corrected chi connectivity index (χ3v) is 2.15. The van der Waals surface area contributed by atoms with Gasteiger partial charge in [0.2, 0.25) is 0 Å². The quantitative estimate of drug-likeness (QED) is 0.735. The van der Waals surface area contributed by atoms with E-state index in [1.807, 2.05) is 7.05 Å². The van der Waals surface area contributed by atoms with E-state index in [1.165, 1.54) is 19.2 Å². The largest absolute Gasteiger partial charge is 0.451 e. The van der Waals surface area contributed by atoms with Gasteiger partial charge >= 0.3 is 0 Å². The highest BCUT2D eigenvalue weighted by atomic mass is 35.5. The van der Waals surface area contributed by atoms with Crippen molar-refractivity contribution in [3.63, 3.8) is 0 Å². The molecule has 3 nitrogen and oxygen atoms in total. The van der Waals surface area contributed by atoms with Crippen LogP contribution in [0.3, 0.4) is 0 Å². The summed E-state index contributed by atoms with van der Waals surface area (Å²) < 4.78 is 4.89. The van der Waals surface area contributed by atoms with Gasteiger partial charge < -0.3 is 9.73 Å². The molecule has 0 spiro atoms.